The Labute approximate surface area is 167 Å². The van der Waals surface area contributed by atoms with Crippen molar-refractivity contribution in [3.05, 3.63) is 46.3 Å². The van der Waals surface area contributed by atoms with Gasteiger partial charge in [0.25, 0.3) is 0 Å². The van der Waals surface area contributed by atoms with Gasteiger partial charge >= 0.3 is 0 Å². The van der Waals surface area contributed by atoms with E-state index in [1.54, 1.807) is 13.2 Å². The zero-order chi connectivity index (χ0) is 20.6. The number of fused-ring (bicyclic) bond motifs is 3. The highest BCUT2D eigenvalue weighted by Gasteiger charge is 2.55. The predicted octanol–water partition coefficient (Wildman–Crippen LogP) is 3.48. The van der Waals surface area contributed by atoms with E-state index in [0.717, 1.165) is 28.0 Å². The van der Waals surface area contributed by atoms with Gasteiger partial charge in [-0.1, -0.05) is 43.9 Å². The fourth-order valence-electron chi connectivity index (χ4n) is 4.84. The molecule has 2 aromatic rings. The molecule has 1 heterocycles. The molecule has 0 fully saturated rings. The van der Waals surface area contributed by atoms with Crippen LogP contribution in [0.15, 0.2) is 23.8 Å². The van der Waals surface area contributed by atoms with Crippen molar-refractivity contribution in [2.45, 2.75) is 39.5 Å². The van der Waals surface area contributed by atoms with Gasteiger partial charge in [0.15, 0.2) is 0 Å². The standard InChI is InChI=1S/C22H26FNO2Si2/c1-12-9-14-13(7-8-17(23)15(14)10-12)19-16(22(24)25)11-18-20(26-2)21(19)28(5,6)27(18,3)4/h7-9,11H,10H2,1-6H3,(H2,24,25). The van der Waals surface area contributed by atoms with Gasteiger partial charge in [0.1, 0.15) is 11.6 Å². The molecular weight excluding hydrogens is 385 g/mol. The summed E-state index contributed by atoms with van der Waals surface area (Å²) in [6, 6.07) is 5.29. The van der Waals surface area contributed by atoms with E-state index >= 15 is 0 Å². The Bertz CT molecular complexity index is 1090. The van der Waals surface area contributed by atoms with Crippen LogP contribution in [0.2, 0.25) is 26.2 Å². The maximum absolute atomic E-state index is 14.5. The molecule has 2 bridgehead atoms. The van der Waals surface area contributed by atoms with Gasteiger partial charge in [-0.25, -0.2) is 4.39 Å². The molecule has 6 heteroatoms. The van der Waals surface area contributed by atoms with Gasteiger partial charge in [0.2, 0.25) is 5.91 Å². The number of primary amides is 1. The molecule has 0 atom stereocenters. The second kappa shape index (κ2) is 5.91. The van der Waals surface area contributed by atoms with Crippen molar-refractivity contribution in [3.63, 3.8) is 0 Å². The zero-order valence-corrected chi connectivity index (χ0v) is 19.3. The van der Waals surface area contributed by atoms with Crippen molar-refractivity contribution in [1.82, 2.24) is 0 Å². The number of carbonyl (C=O) groups excluding carboxylic acids is 1. The largest absolute Gasteiger partial charge is 0.497 e. The summed E-state index contributed by atoms with van der Waals surface area (Å²) in [5.41, 5.74) is 10.9. The molecule has 28 heavy (non-hydrogen) atoms. The molecule has 3 nitrogen and oxygen atoms in total. The summed E-state index contributed by atoms with van der Waals surface area (Å²) in [6.07, 6.45) is 2.64. The number of methoxy groups -OCH3 is 1. The molecule has 0 aromatic heterocycles. The highest BCUT2D eigenvalue weighted by atomic mass is 29.3. The third-order valence-electron chi connectivity index (χ3n) is 7.03. The quantitative estimate of drug-likeness (QED) is 0.786. The number of ether oxygens (including phenoxy) is 1. The number of hydrogen-bond acceptors (Lipinski definition) is 2. The van der Waals surface area contributed by atoms with Crippen molar-refractivity contribution >= 4 is 37.5 Å². The van der Waals surface area contributed by atoms with Gasteiger partial charge in [0, 0.05) is 5.56 Å². The Kier molecular flexibility index (Phi) is 4.04. The van der Waals surface area contributed by atoms with Gasteiger partial charge in [-0.15, -0.1) is 0 Å². The average Bonchev–Trinajstić information content (AvgIpc) is 3.05. The highest BCUT2D eigenvalue weighted by molar-refractivity contribution is 7.52. The van der Waals surface area contributed by atoms with E-state index in [-0.39, 0.29) is 5.82 Å². The van der Waals surface area contributed by atoms with Crippen LogP contribution in [-0.4, -0.2) is 28.2 Å². The van der Waals surface area contributed by atoms with E-state index in [1.807, 2.05) is 19.1 Å². The molecule has 4 rings (SSSR count). The number of hydrogen-bond donors (Lipinski definition) is 1. The van der Waals surface area contributed by atoms with Crippen LogP contribution in [0.1, 0.15) is 28.4 Å². The lowest BCUT2D eigenvalue weighted by atomic mass is 9.92. The molecular formula is C22H26FNO2Si2. The molecule has 0 spiro atoms. The number of benzene rings is 2. The molecule has 0 unspecified atom stereocenters. The van der Waals surface area contributed by atoms with Crippen LogP contribution in [0.5, 0.6) is 5.75 Å². The lowest BCUT2D eigenvalue weighted by Gasteiger charge is -2.32. The lowest BCUT2D eigenvalue weighted by molar-refractivity contribution is 0.100. The monoisotopic (exact) mass is 411 g/mol. The second-order valence-electron chi connectivity index (χ2n) is 9.02. The van der Waals surface area contributed by atoms with Crippen molar-refractivity contribution in [2.24, 2.45) is 5.73 Å². The molecule has 2 aliphatic rings. The molecule has 0 saturated carbocycles. The second-order valence-corrected chi connectivity index (χ2v) is 24.1. The van der Waals surface area contributed by atoms with Crippen LogP contribution in [0.25, 0.3) is 17.2 Å². The summed E-state index contributed by atoms with van der Waals surface area (Å²) >= 11 is 0. The third kappa shape index (κ3) is 2.27. The van der Waals surface area contributed by atoms with Crippen molar-refractivity contribution < 1.29 is 13.9 Å². The Balaban J connectivity index is 2.17. The molecule has 1 amide bonds. The minimum atomic E-state index is -1.93. The highest BCUT2D eigenvalue weighted by Crippen LogP contribution is 2.42. The average molecular weight is 412 g/mol. The van der Waals surface area contributed by atoms with Gasteiger partial charge in [-0.2, -0.15) is 0 Å². The first-order valence-electron chi connectivity index (χ1n) is 9.57. The molecule has 146 valence electrons. The van der Waals surface area contributed by atoms with Crippen LogP contribution < -0.4 is 20.8 Å². The van der Waals surface area contributed by atoms with Crippen molar-refractivity contribution in [1.29, 1.82) is 0 Å². The fourth-order valence-corrected chi connectivity index (χ4v) is 14.4. The first-order chi connectivity index (χ1) is 13.0. The van der Waals surface area contributed by atoms with Crippen LogP contribution >= 0.6 is 0 Å². The van der Waals surface area contributed by atoms with E-state index in [0.29, 0.717) is 17.5 Å². The maximum Gasteiger partial charge on any atom is 0.249 e. The lowest BCUT2D eigenvalue weighted by Crippen LogP contribution is -2.63. The smallest absolute Gasteiger partial charge is 0.249 e. The SMILES string of the molecule is COc1c2cc(C(N)=O)c(-c3ccc(F)c4c3C=C(C)C4)c1[Si](C)(C)[Si]2(C)C. The van der Waals surface area contributed by atoms with E-state index in [9.17, 15) is 9.18 Å². The van der Waals surface area contributed by atoms with Gasteiger partial charge in [-0.3, -0.25) is 4.79 Å². The van der Waals surface area contributed by atoms with Crippen molar-refractivity contribution in [2.75, 3.05) is 7.11 Å². The first kappa shape index (κ1) is 19.1. The topological polar surface area (TPSA) is 52.3 Å². The molecule has 2 N–H and O–H groups in total. The van der Waals surface area contributed by atoms with E-state index in [2.05, 4.69) is 26.2 Å². The minimum Gasteiger partial charge on any atom is -0.497 e. The van der Waals surface area contributed by atoms with Crippen LogP contribution in [0.3, 0.4) is 0 Å². The normalized spacial score (nSPS) is 18.0. The number of allylic oxidation sites excluding steroid dienone is 1. The van der Waals surface area contributed by atoms with Gasteiger partial charge < -0.3 is 10.5 Å². The van der Waals surface area contributed by atoms with Crippen LogP contribution in [-0.2, 0) is 6.42 Å². The molecule has 1 aliphatic carbocycles. The number of nitrogens with two attached hydrogens (primary N) is 1. The predicted molar refractivity (Wildman–Crippen MR) is 118 cm³/mol. The maximum atomic E-state index is 14.5. The Hall–Kier alpha value is -2.19. The van der Waals surface area contributed by atoms with Crippen LogP contribution in [0, 0.1) is 5.82 Å². The Morgan fingerprint density at radius 1 is 1.18 bits per heavy atom. The number of amides is 1. The van der Waals surface area contributed by atoms with E-state index in [1.165, 1.54) is 16.4 Å². The van der Waals surface area contributed by atoms with Crippen molar-refractivity contribution in [3.8, 4) is 16.9 Å². The minimum absolute atomic E-state index is 0.196. The Morgan fingerprint density at radius 3 is 2.46 bits per heavy atom. The summed E-state index contributed by atoms with van der Waals surface area (Å²) in [6.45, 7) is 11.5. The summed E-state index contributed by atoms with van der Waals surface area (Å²) < 4.78 is 20.4. The van der Waals surface area contributed by atoms with E-state index in [4.69, 9.17) is 10.5 Å². The summed E-state index contributed by atoms with van der Waals surface area (Å²) in [4.78, 5) is 12.5. The molecule has 0 saturated heterocycles. The first-order valence-corrected chi connectivity index (χ1v) is 16.6. The van der Waals surface area contributed by atoms with Crippen LogP contribution in [0.4, 0.5) is 4.39 Å². The number of carbonyl (C=O) groups is 1. The summed E-state index contributed by atoms with van der Waals surface area (Å²) in [7, 11) is -2.06. The third-order valence-corrected chi connectivity index (χ3v) is 24.5. The van der Waals surface area contributed by atoms with Gasteiger partial charge in [0.05, 0.1) is 22.3 Å². The summed E-state index contributed by atoms with van der Waals surface area (Å²) in [5.74, 6) is 0.289. The number of halogens is 1. The molecule has 2 aromatic carbocycles. The van der Waals surface area contributed by atoms with E-state index < -0.39 is 21.1 Å². The number of rotatable bonds is 3. The Morgan fingerprint density at radius 2 is 1.86 bits per heavy atom. The van der Waals surface area contributed by atoms with Gasteiger partial charge in [-0.05, 0) is 58.1 Å². The summed E-state index contributed by atoms with van der Waals surface area (Å²) in [5, 5.41) is 2.36. The molecule has 1 aliphatic heterocycles. The fraction of sp³-hybridized carbons (Fsp3) is 0.318. The zero-order valence-electron chi connectivity index (χ0n) is 17.3. The molecule has 0 radical (unpaired) electrons.